The van der Waals surface area contributed by atoms with Crippen LogP contribution in [0.25, 0.3) is 0 Å². The van der Waals surface area contributed by atoms with Gasteiger partial charge in [-0.2, -0.15) is 0 Å². The van der Waals surface area contributed by atoms with E-state index in [0.29, 0.717) is 24.2 Å². The zero-order valence-electron chi connectivity index (χ0n) is 11.3. The highest BCUT2D eigenvalue weighted by Gasteiger charge is 2.10. The van der Waals surface area contributed by atoms with Crippen molar-refractivity contribution in [3.05, 3.63) is 58.2 Å². The van der Waals surface area contributed by atoms with Crippen LogP contribution >= 0.6 is 15.9 Å². The zero-order valence-corrected chi connectivity index (χ0v) is 12.9. The van der Waals surface area contributed by atoms with Gasteiger partial charge in [-0.15, -0.1) is 0 Å². The van der Waals surface area contributed by atoms with Crippen LogP contribution in [0.15, 0.2) is 45.5 Å². The molecule has 1 aromatic carbocycles. The third-order valence-corrected chi connectivity index (χ3v) is 3.57. The Labute approximate surface area is 126 Å². The molecule has 0 saturated heterocycles. The number of nitrogens with zero attached hydrogens (tertiary/aromatic N) is 1. The maximum Gasteiger partial charge on any atom is 0.137 e. The Hall–Kier alpha value is -1.17. The van der Waals surface area contributed by atoms with Crippen molar-refractivity contribution >= 4 is 15.9 Å². The summed E-state index contributed by atoms with van der Waals surface area (Å²) in [6, 6.07) is 8.89. The van der Waals surface area contributed by atoms with E-state index in [1.54, 1.807) is 25.5 Å². The largest absolute Gasteiger partial charge is 0.468 e. The molecule has 0 amide bonds. The third kappa shape index (κ3) is 4.44. The van der Waals surface area contributed by atoms with Crippen molar-refractivity contribution in [3.63, 3.8) is 0 Å². The SMILES string of the molecule is COCCN(Cc1ccc(F)c(Br)c1)Cc1ccco1. The van der Waals surface area contributed by atoms with Crippen molar-refractivity contribution in [1.29, 1.82) is 0 Å². The van der Waals surface area contributed by atoms with Crippen LogP contribution in [-0.4, -0.2) is 25.2 Å². The first kappa shape index (κ1) is 15.2. The van der Waals surface area contributed by atoms with Crippen LogP contribution in [0.4, 0.5) is 4.39 Å². The fourth-order valence-electron chi connectivity index (χ4n) is 1.95. The quantitative estimate of drug-likeness (QED) is 0.765. The van der Waals surface area contributed by atoms with Crippen LogP contribution < -0.4 is 0 Å². The predicted molar refractivity (Wildman–Crippen MR) is 78.8 cm³/mol. The maximum absolute atomic E-state index is 13.2. The standard InChI is InChI=1S/C15H17BrFNO2/c1-19-8-6-18(11-13-3-2-7-20-13)10-12-4-5-15(17)14(16)9-12/h2-5,7,9H,6,8,10-11H2,1H3. The number of hydrogen-bond donors (Lipinski definition) is 0. The van der Waals surface area contributed by atoms with Gasteiger partial charge in [0, 0.05) is 20.2 Å². The zero-order chi connectivity index (χ0) is 14.4. The molecule has 1 aromatic heterocycles. The molecule has 2 aromatic rings. The van der Waals surface area contributed by atoms with Gasteiger partial charge in [0.1, 0.15) is 11.6 Å². The van der Waals surface area contributed by atoms with Crippen molar-refractivity contribution in [2.75, 3.05) is 20.3 Å². The first-order chi connectivity index (χ1) is 9.69. The second-order valence-corrected chi connectivity index (χ2v) is 5.39. The Bertz CT molecular complexity index is 531. The minimum Gasteiger partial charge on any atom is -0.468 e. The number of furan rings is 1. The number of methoxy groups -OCH3 is 1. The molecule has 0 fully saturated rings. The van der Waals surface area contributed by atoms with E-state index < -0.39 is 0 Å². The highest BCUT2D eigenvalue weighted by molar-refractivity contribution is 9.10. The van der Waals surface area contributed by atoms with Crippen LogP contribution in [0.1, 0.15) is 11.3 Å². The number of hydrogen-bond acceptors (Lipinski definition) is 3. The van der Waals surface area contributed by atoms with Gasteiger partial charge in [-0.05, 0) is 45.8 Å². The van der Waals surface area contributed by atoms with E-state index in [9.17, 15) is 4.39 Å². The average molecular weight is 342 g/mol. The number of benzene rings is 1. The van der Waals surface area contributed by atoms with Crippen LogP contribution in [0, 0.1) is 5.82 Å². The fourth-order valence-corrected chi connectivity index (χ4v) is 2.38. The molecule has 2 rings (SSSR count). The van der Waals surface area contributed by atoms with Crippen molar-refractivity contribution in [3.8, 4) is 0 Å². The second kappa shape index (κ2) is 7.57. The van der Waals surface area contributed by atoms with E-state index in [2.05, 4.69) is 20.8 Å². The normalized spacial score (nSPS) is 11.2. The molecule has 0 radical (unpaired) electrons. The molecular weight excluding hydrogens is 325 g/mol. The summed E-state index contributed by atoms with van der Waals surface area (Å²) in [6.45, 7) is 2.84. The topological polar surface area (TPSA) is 25.6 Å². The lowest BCUT2D eigenvalue weighted by Crippen LogP contribution is -2.26. The summed E-state index contributed by atoms with van der Waals surface area (Å²) in [5.74, 6) is 0.658. The monoisotopic (exact) mass is 341 g/mol. The molecule has 0 unspecified atom stereocenters. The minimum absolute atomic E-state index is 0.247. The molecule has 0 spiro atoms. The Balaban J connectivity index is 2.04. The van der Waals surface area contributed by atoms with Crippen LogP contribution in [0.2, 0.25) is 0 Å². The Morgan fingerprint density at radius 1 is 1.30 bits per heavy atom. The van der Waals surface area contributed by atoms with Crippen molar-refractivity contribution < 1.29 is 13.5 Å². The molecule has 0 saturated carbocycles. The Morgan fingerprint density at radius 2 is 2.15 bits per heavy atom. The summed E-state index contributed by atoms with van der Waals surface area (Å²) in [5, 5.41) is 0. The average Bonchev–Trinajstić information content (AvgIpc) is 2.93. The Kier molecular flexibility index (Phi) is 5.76. The summed E-state index contributed by atoms with van der Waals surface area (Å²) in [4.78, 5) is 2.20. The van der Waals surface area contributed by atoms with E-state index in [-0.39, 0.29) is 5.82 Å². The van der Waals surface area contributed by atoms with Gasteiger partial charge in [0.15, 0.2) is 0 Å². The molecule has 5 heteroatoms. The molecule has 0 aliphatic heterocycles. The Morgan fingerprint density at radius 3 is 2.80 bits per heavy atom. The highest BCUT2D eigenvalue weighted by atomic mass is 79.9. The maximum atomic E-state index is 13.2. The fraction of sp³-hybridized carbons (Fsp3) is 0.333. The van der Waals surface area contributed by atoms with Gasteiger partial charge in [-0.1, -0.05) is 6.07 Å². The molecule has 0 atom stereocenters. The predicted octanol–water partition coefficient (Wildman–Crippen LogP) is 3.83. The van der Waals surface area contributed by atoms with Crippen LogP contribution in [-0.2, 0) is 17.8 Å². The number of ether oxygens (including phenoxy) is 1. The second-order valence-electron chi connectivity index (χ2n) is 4.53. The van der Waals surface area contributed by atoms with E-state index >= 15 is 0 Å². The highest BCUT2D eigenvalue weighted by Crippen LogP contribution is 2.18. The lowest BCUT2D eigenvalue weighted by atomic mass is 10.2. The molecule has 0 N–H and O–H groups in total. The molecule has 20 heavy (non-hydrogen) atoms. The first-order valence-electron chi connectivity index (χ1n) is 6.36. The molecular formula is C15H17BrFNO2. The summed E-state index contributed by atoms with van der Waals surface area (Å²) in [6.07, 6.45) is 1.66. The number of rotatable bonds is 7. The van der Waals surface area contributed by atoms with Gasteiger partial charge in [-0.3, -0.25) is 4.90 Å². The lowest BCUT2D eigenvalue weighted by Gasteiger charge is -2.21. The molecule has 0 bridgehead atoms. The summed E-state index contributed by atoms with van der Waals surface area (Å²) < 4.78 is 24.2. The van der Waals surface area contributed by atoms with E-state index in [4.69, 9.17) is 9.15 Å². The van der Waals surface area contributed by atoms with E-state index in [1.807, 2.05) is 12.1 Å². The van der Waals surface area contributed by atoms with Gasteiger partial charge >= 0.3 is 0 Å². The van der Waals surface area contributed by atoms with Crippen molar-refractivity contribution in [2.45, 2.75) is 13.1 Å². The van der Waals surface area contributed by atoms with Gasteiger partial charge in [0.05, 0.1) is 23.9 Å². The van der Waals surface area contributed by atoms with Crippen LogP contribution in [0.5, 0.6) is 0 Å². The summed E-state index contributed by atoms with van der Waals surface area (Å²) in [7, 11) is 1.68. The number of halogens is 2. The van der Waals surface area contributed by atoms with Gasteiger partial charge in [0.25, 0.3) is 0 Å². The lowest BCUT2D eigenvalue weighted by molar-refractivity contribution is 0.135. The van der Waals surface area contributed by atoms with Crippen molar-refractivity contribution in [1.82, 2.24) is 4.90 Å². The molecule has 108 valence electrons. The molecule has 0 aliphatic rings. The van der Waals surface area contributed by atoms with Gasteiger partial charge in [-0.25, -0.2) is 4.39 Å². The van der Waals surface area contributed by atoms with Gasteiger partial charge in [0.2, 0.25) is 0 Å². The smallest absolute Gasteiger partial charge is 0.137 e. The summed E-state index contributed by atoms with van der Waals surface area (Å²) in [5.41, 5.74) is 1.04. The molecule has 0 aliphatic carbocycles. The van der Waals surface area contributed by atoms with E-state index in [1.165, 1.54) is 6.07 Å². The van der Waals surface area contributed by atoms with Crippen LogP contribution in [0.3, 0.4) is 0 Å². The third-order valence-electron chi connectivity index (χ3n) is 2.96. The molecule has 1 heterocycles. The van der Waals surface area contributed by atoms with E-state index in [0.717, 1.165) is 17.9 Å². The van der Waals surface area contributed by atoms with Crippen molar-refractivity contribution in [2.24, 2.45) is 0 Å². The molecule has 3 nitrogen and oxygen atoms in total. The van der Waals surface area contributed by atoms with Gasteiger partial charge < -0.3 is 9.15 Å². The summed E-state index contributed by atoms with van der Waals surface area (Å²) >= 11 is 3.21. The minimum atomic E-state index is -0.247. The first-order valence-corrected chi connectivity index (χ1v) is 7.16.